The molecule has 2 bridgehead atoms. The van der Waals surface area contributed by atoms with E-state index in [1.807, 2.05) is 12.1 Å². The normalized spacial score (nSPS) is 28.4. The molecule has 20 heavy (non-hydrogen) atoms. The monoisotopic (exact) mass is 274 g/mol. The molecule has 3 aliphatic heterocycles. The highest BCUT2D eigenvalue weighted by Crippen LogP contribution is 2.20. The third-order valence-corrected chi connectivity index (χ3v) is 4.66. The van der Waals surface area contributed by atoms with Crippen LogP contribution in [0.15, 0.2) is 18.2 Å². The van der Waals surface area contributed by atoms with Gasteiger partial charge in [-0.2, -0.15) is 0 Å². The topological polar surface area (TPSA) is 32.3 Å². The van der Waals surface area contributed by atoms with Crippen LogP contribution in [-0.4, -0.2) is 61.1 Å². The van der Waals surface area contributed by atoms with Crippen molar-refractivity contribution in [2.24, 2.45) is 0 Å². The summed E-state index contributed by atoms with van der Waals surface area (Å²) in [5, 5.41) is 3.08. The molecule has 3 aliphatic rings. The summed E-state index contributed by atoms with van der Waals surface area (Å²) in [6.45, 7) is 11.6. The summed E-state index contributed by atoms with van der Waals surface area (Å²) < 4.78 is 0.979. The number of rotatable bonds is 3. The third kappa shape index (κ3) is 2.86. The van der Waals surface area contributed by atoms with Crippen molar-refractivity contribution < 1.29 is 9.28 Å². The number of benzene rings is 1. The number of hydrogen-bond donors (Lipinski definition) is 1. The summed E-state index contributed by atoms with van der Waals surface area (Å²) in [6.07, 6.45) is 0. The van der Waals surface area contributed by atoms with Gasteiger partial charge in [0.25, 0.3) is 5.91 Å². The smallest absolute Gasteiger partial charge is 0.279 e. The molecule has 1 aromatic rings. The zero-order valence-electron chi connectivity index (χ0n) is 12.5. The summed E-state index contributed by atoms with van der Waals surface area (Å²) in [7, 11) is 0. The van der Waals surface area contributed by atoms with E-state index in [0.29, 0.717) is 6.54 Å². The SMILES string of the molecule is Cc1cc(C)cc(NC(=O)C[N+]23CCN(CC2)CC3)c1. The van der Waals surface area contributed by atoms with Crippen LogP contribution in [0.1, 0.15) is 11.1 Å². The van der Waals surface area contributed by atoms with Gasteiger partial charge in [0.05, 0.1) is 19.6 Å². The Morgan fingerprint density at radius 3 is 2.20 bits per heavy atom. The van der Waals surface area contributed by atoms with Crippen molar-refractivity contribution in [3.63, 3.8) is 0 Å². The number of carbonyl (C=O) groups excluding carboxylic acids is 1. The van der Waals surface area contributed by atoms with Crippen LogP contribution in [0, 0.1) is 13.8 Å². The lowest BCUT2D eigenvalue weighted by Gasteiger charge is -2.50. The van der Waals surface area contributed by atoms with E-state index in [4.69, 9.17) is 0 Å². The predicted octanol–water partition coefficient (Wildman–Crippen LogP) is 1.39. The van der Waals surface area contributed by atoms with Crippen LogP contribution in [0.5, 0.6) is 0 Å². The molecule has 3 heterocycles. The number of quaternary nitrogens is 1. The minimum Gasteiger partial charge on any atom is -0.321 e. The van der Waals surface area contributed by atoms with Crippen LogP contribution in [0.2, 0.25) is 0 Å². The van der Waals surface area contributed by atoms with Crippen LogP contribution >= 0.6 is 0 Å². The molecule has 0 aromatic heterocycles. The Morgan fingerprint density at radius 2 is 1.65 bits per heavy atom. The molecule has 1 N–H and O–H groups in total. The van der Waals surface area contributed by atoms with E-state index in [1.54, 1.807) is 0 Å². The average molecular weight is 274 g/mol. The highest BCUT2D eigenvalue weighted by molar-refractivity contribution is 5.91. The van der Waals surface area contributed by atoms with Gasteiger partial charge in [0, 0.05) is 25.3 Å². The molecule has 0 aliphatic carbocycles. The number of fused-ring (bicyclic) bond motifs is 3. The van der Waals surface area contributed by atoms with Gasteiger partial charge in [0.1, 0.15) is 0 Å². The van der Waals surface area contributed by atoms with Crippen molar-refractivity contribution >= 4 is 11.6 Å². The minimum absolute atomic E-state index is 0.158. The van der Waals surface area contributed by atoms with Crippen molar-refractivity contribution in [2.45, 2.75) is 13.8 Å². The Balaban J connectivity index is 1.64. The maximum absolute atomic E-state index is 12.3. The second kappa shape index (κ2) is 5.19. The lowest BCUT2D eigenvalue weighted by Crippen LogP contribution is -2.68. The molecule has 1 amide bonds. The van der Waals surface area contributed by atoms with Gasteiger partial charge in [-0.05, 0) is 37.1 Å². The number of anilines is 1. The quantitative estimate of drug-likeness (QED) is 0.845. The van der Waals surface area contributed by atoms with E-state index in [0.717, 1.165) is 49.4 Å². The van der Waals surface area contributed by atoms with Crippen LogP contribution < -0.4 is 5.32 Å². The highest BCUT2D eigenvalue weighted by atomic mass is 16.2. The van der Waals surface area contributed by atoms with Gasteiger partial charge in [0.15, 0.2) is 6.54 Å². The summed E-state index contributed by atoms with van der Waals surface area (Å²) in [5.41, 5.74) is 3.32. The number of nitrogens with one attached hydrogen (secondary N) is 1. The minimum atomic E-state index is 0.158. The fourth-order valence-corrected chi connectivity index (χ4v) is 3.52. The van der Waals surface area contributed by atoms with Crippen LogP contribution in [0.25, 0.3) is 0 Å². The lowest BCUT2D eigenvalue weighted by atomic mass is 10.1. The van der Waals surface area contributed by atoms with Gasteiger partial charge in [0.2, 0.25) is 0 Å². The number of piperazine rings is 3. The average Bonchev–Trinajstić information content (AvgIpc) is 2.38. The first-order valence-corrected chi connectivity index (χ1v) is 7.50. The standard InChI is InChI=1S/C16H23N3O/c1-13-9-14(2)11-15(10-13)17-16(20)12-19-6-3-18(4-7-19)5-8-19/h9-11H,3-8,12H2,1-2H3/p+1. The number of carbonyl (C=O) groups is 1. The Labute approximate surface area is 121 Å². The molecule has 0 atom stereocenters. The zero-order chi connectivity index (χ0) is 14.2. The molecule has 4 rings (SSSR count). The van der Waals surface area contributed by atoms with Gasteiger partial charge < -0.3 is 9.80 Å². The molecule has 0 saturated carbocycles. The summed E-state index contributed by atoms with van der Waals surface area (Å²) in [5.74, 6) is 0.158. The first-order valence-electron chi connectivity index (χ1n) is 7.50. The van der Waals surface area contributed by atoms with Crippen LogP contribution in [0.3, 0.4) is 0 Å². The Kier molecular flexibility index (Phi) is 3.52. The zero-order valence-corrected chi connectivity index (χ0v) is 12.5. The third-order valence-electron chi connectivity index (χ3n) is 4.66. The molecule has 4 nitrogen and oxygen atoms in total. The van der Waals surface area contributed by atoms with Crippen molar-refractivity contribution in [2.75, 3.05) is 51.1 Å². The molecule has 3 saturated heterocycles. The van der Waals surface area contributed by atoms with E-state index >= 15 is 0 Å². The fourth-order valence-electron chi connectivity index (χ4n) is 3.52. The van der Waals surface area contributed by atoms with Crippen molar-refractivity contribution in [3.05, 3.63) is 29.3 Å². The highest BCUT2D eigenvalue weighted by Gasteiger charge is 2.39. The summed E-state index contributed by atoms with van der Waals surface area (Å²) >= 11 is 0. The first kappa shape index (κ1) is 13.6. The van der Waals surface area contributed by atoms with E-state index in [-0.39, 0.29) is 5.91 Å². The van der Waals surface area contributed by atoms with Gasteiger partial charge in [-0.15, -0.1) is 0 Å². The van der Waals surface area contributed by atoms with Crippen molar-refractivity contribution in [3.8, 4) is 0 Å². The molecule has 1 aromatic carbocycles. The molecule has 3 fully saturated rings. The fraction of sp³-hybridized carbons (Fsp3) is 0.562. The summed E-state index contributed by atoms with van der Waals surface area (Å²) in [4.78, 5) is 14.8. The van der Waals surface area contributed by atoms with Crippen LogP contribution in [-0.2, 0) is 4.79 Å². The first-order chi connectivity index (χ1) is 9.55. The Hall–Kier alpha value is -1.39. The maximum Gasteiger partial charge on any atom is 0.279 e. The lowest BCUT2D eigenvalue weighted by molar-refractivity contribution is -0.933. The number of amides is 1. The van der Waals surface area contributed by atoms with Crippen molar-refractivity contribution in [1.82, 2.24) is 4.90 Å². The van der Waals surface area contributed by atoms with Gasteiger partial charge in [-0.3, -0.25) is 9.69 Å². The molecular formula is C16H24N3O+. The van der Waals surface area contributed by atoms with E-state index in [1.165, 1.54) is 11.1 Å². The largest absolute Gasteiger partial charge is 0.321 e. The van der Waals surface area contributed by atoms with Crippen molar-refractivity contribution in [1.29, 1.82) is 0 Å². The Morgan fingerprint density at radius 1 is 1.10 bits per heavy atom. The molecule has 0 spiro atoms. The molecule has 0 unspecified atom stereocenters. The predicted molar refractivity (Wildman–Crippen MR) is 80.7 cm³/mol. The van der Waals surface area contributed by atoms with Gasteiger partial charge in [-0.25, -0.2) is 0 Å². The maximum atomic E-state index is 12.3. The molecule has 0 radical (unpaired) electrons. The molecule has 4 heteroatoms. The van der Waals surface area contributed by atoms with Crippen LogP contribution in [0.4, 0.5) is 5.69 Å². The number of hydrogen-bond acceptors (Lipinski definition) is 2. The summed E-state index contributed by atoms with van der Waals surface area (Å²) in [6, 6.07) is 6.21. The van der Waals surface area contributed by atoms with E-state index < -0.39 is 0 Å². The second-order valence-electron chi connectivity index (χ2n) is 6.44. The number of aryl methyl sites for hydroxylation is 2. The number of nitrogens with zero attached hydrogens (tertiary/aromatic N) is 2. The van der Waals surface area contributed by atoms with E-state index in [9.17, 15) is 4.79 Å². The molecule has 108 valence electrons. The van der Waals surface area contributed by atoms with E-state index in [2.05, 4.69) is 30.1 Å². The van der Waals surface area contributed by atoms with Gasteiger partial charge >= 0.3 is 0 Å². The molecular weight excluding hydrogens is 250 g/mol. The second-order valence-corrected chi connectivity index (χ2v) is 6.44. The Bertz CT molecular complexity index is 484. The van der Waals surface area contributed by atoms with Gasteiger partial charge in [-0.1, -0.05) is 6.07 Å².